The molecule has 0 aliphatic carbocycles. The van der Waals surface area contributed by atoms with Gasteiger partial charge in [-0.2, -0.15) is 4.31 Å². The van der Waals surface area contributed by atoms with E-state index < -0.39 is 15.6 Å². The van der Waals surface area contributed by atoms with Crippen LogP contribution in [0.25, 0.3) is 0 Å². The Morgan fingerprint density at radius 1 is 0.769 bits per heavy atom. The second-order valence-electron chi connectivity index (χ2n) is 1.06. The van der Waals surface area contributed by atoms with E-state index in [1.54, 1.807) is 0 Å². The van der Waals surface area contributed by atoms with Crippen LogP contribution in [0, 0.1) is 0 Å². The third-order valence-corrected chi connectivity index (χ3v) is 1.91. The maximum atomic E-state index is 9.63. The zero-order valence-electron chi connectivity index (χ0n) is 4.80. The average molecular weight is 328 g/mol. The summed E-state index contributed by atoms with van der Waals surface area (Å²) in [6, 6.07) is 0. The molecule has 0 fully saturated rings. The molecule has 0 aromatic rings. The molecule has 0 unspecified atom stereocenters. The van der Waals surface area contributed by atoms with Crippen LogP contribution < -0.4 is 0 Å². The second kappa shape index (κ2) is 11.9. The van der Waals surface area contributed by atoms with Crippen LogP contribution in [0.5, 0.6) is 0 Å². The largest absolute Gasteiger partial charge is 0 e. The Morgan fingerprint density at radius 3 is 0.923 bits per heavy atom. The predicted molar refractivity (Wildman–Crippen MR) is 39.5 cm³/mol. The molecule has 13 heavy (non-hydrogen) atoms. The summed E-state index contributed by atoms with van der Waals surface area (Å²) in [5.41, 5.74) is 0. The van der Waals surface area contributed by atoms with Crippen molar-refractivity contribution in [3.05, 3.63) is 0 Å². The Balaban J connectivity index is -0.0000000533. The van der Waals surface area contributed by atoms with Gasteiger partial charge in [-0.05, 0) is 0 Å². The first kappa shape index (κ1) is 29.9. The maximum absolute atomic E-state index is 9.63. The molecular formula is H6Na2O7P2V2. The molecule has 0 aliphatic rings. The number of hydrogen-bond donors (Lipinski definition) is 4. The van der Waals surface area contributed by atoms with Crippen molar-refractivity contribution >= 4 is 74.8 Å². The van der Waals surface area contributed by atoms with Crippen LogP contribution in [-0.2, 0) is 50.6 Å². The fraction of sp³-hybridized carbons (Fsp3) is 0. The quantitative estimate of drug-likeness (QED) is 0.338. The van der Waals surface area contributed by atoms with Gasteiger partial charge in [-0.3, -0.25) is 0 Å². The molecule has 0 saturated carbocycles. The molecule has 2 radical (unpaired) electrons. The van der Waals surface area contributed by atoms with E-state index >= 15 is 0 Å². The van der Waals surface area contributed by atoms with Gasteiger partial charge in [0.15, 0.2) is 0 Å². The minimum Gasteiger partial charge on any atom is 0 e. The summed E-state index contributed by atoms with van der Waals surface area (Å²) in [4.78, 5) is 31.0. The Labute approximate surface area is 143 Å². The number of rotatable bonds is 2. The topological polar surface area (TPSA) is 124 Å². The zero-order chi connectivity index (χ0) is 7.71. The summed E-state index contributed by atoms with van der Waals surface area (Å²) >= 11 is 0. The van der Waals surface area contributed by atoms with Crippen LogP contribution in [0.1, 0.15) is 0 Å². The summed E-state index contributed by atoms with van der Waals surface area (Å²) in [6.45, 7) is 0. The van der Waals surface area contributed by atoms with Gasteiger partial charge in [-0.25, -0.2) is 9.13 Å². The van der Waals surface area contributed by atoms with Gasteiger partial charge in [0.1, 0.15) is 0 Å². The maximum Gasteiger partial charge on any atom is 0 e. The van der Waals surface area contributed by atoms with E-state index in [9.17, 15) is 9.13 Å². The summed E-state index contributed by atoms with van der Waals surface area (Å²) < 4.78 is 22.2. The van der Waals surface area contributed by atoms with Crippen molar-refractivity contribution in [2.24, 2.45) is 0 Å². The van der Waals surface area contributed by atoms with E-state index in [0.717, 1.165) is 0 Å². The number of hydrogen-bond acceptors (Lipinski definition) is 3. The van der Waals surface area contributed by atoms with E-state index in [-0.39, 0.29) is 96.2 Å². The van der Waals surface area contributed by atoms with Crippen LogP contribution in [0.2, 0.25) is 0 Å². The predicted octanol–water partition coefficient (Wildman–Crippen LogP) is -2.11. The van der Waals surface area contributed by atoms with Crippen molar-refractivity contribution in [3.63, 3.8) is 0 Å². The molecular weight excluding hydrogens is 322 g/mol. The molecule has 0 rings (SSSR count). The zero-order valence-corrected chi connectivity index (χ0v) is 9.38. The fourth-order valence-corrected chi connectivity index (χ4v) is 1.25. The average Bonchev–Trinajstić information content (AvgIpc) is 1.14. The summed E-state index contributed by atoms with van der Waals surface area (Å²) in [5, 5.41) is 0. The van der Waals surface area contributed by atoms with Crippen LogP contribution in [0.15, 0.2) is 0 Å². The second-order valence-corrected chi connectivity index (χ2v) is 3.68. The molecule has 70 valence electrons. The first-order chi connectivity index (χ1) is 3.71. The van der Waals surface area contributed by atoms with Crippen molar-refractivity contribution in [3.8, 4) is 0 Å². The molecule has 4 N–H and O–H groups in total. The Kier molecular flexibility index (Phi) is 27.4. The molecule has 0 saturated heterocycles. The van der Waals surface area contributed by atoms with E-state index in [1.807, 2.05) is 0 Å². The molecule has 0 atom stereocenters. The molecule has 0 aromatic carbocycles. The van der Waals surface area contributed by atoms with E-state index in [4.69, 9.17) is 19.6 Å². The molecule has 0 heterocycles. The van der Waals surface area contributed by atoms with Crippen molar-refractivity contribution in [2.75, 3.05) is 0 Å². The van der Waals surface area contributed by atoms with Crippen LogP contribution >= 0.6 is 15.6 Å². The van der Waals surface area contributed by atoms with Gasteiger partial charge in [0.25, 0.3) is 0 Å². The molecule has 0 aliphatic heterocycles. The van der Waals surface area contributed by atoms with Gasteiger partial charge in [-0.1, -0.05) is 0 Å². The third-order valence-electron chi connectivity index (χ3n) is 0.213. The van der Waals surface area contributed by atoms with Crippen molar-refractivity contribution in [1.82, 2.24) is 0 Å². The first-order valence-electron chi connectivity index (χ1n) is 1.53. The van der Waals surface area contributed by atoms with E-state index in [1.165, 1.54) is 0 Å². The minimum absolute atomic E-state index is 0. The normalized spacial score (nSPS) is 9.54. The molecule has 0 aromatic heterocycles. The monoisotopic (exact) mass is 328 g/mol. The SMILES string of the molecule is O=P(O)(O)OP(=O)(O)O.[NaH].[NaH].[V].[V]. The van der Waals surface area contributed by atoms with Crippen molar-refractivity contribution in [2.45, 2.75) is 0 Å². The van der Waals surface area contributed by atoms with E-state index in [0.29, 0.717) is 0 Å². The van der Waals surface area contributed by atoms with Gasteiger partial charge < -0.3 is 19.6 Å². The van der Waals surface area contributed by atoms with Crippen LogP contribution in [-0.4, -0.2) is 78.7 Å². The summed E-state index contributed by atoms with van der Waals surface area (Å²) in [5.74, 6) is 0. The van der Waals surface area contributed by atoms with Gasteiger partial charge in [0, 0.05) is 37.1 Å². The Morgan fingerprint density at radius 2 is 0.923 bits per heavy atom. The van der Waals surface area contributed by atoms with Gasteiger partial charge in [0.05, 0.1) is 0 Å². The summed E-state index contributed by atoms with van der Waals surface area (Å²) in [7, 11) is -10.1. The van der Waals surface area contributed by atoms with Gasteiger partial charge >= 0.3 is 74.8 Å². The van der Waals surface area contributed by atoms with Crippen molar-refractivity contribution in [1.29, 1.82) is 0 Å². The molecule has 0 amide bonds. The third kappa shape index (κ3) is 31.3. The van der Waals surface area contributed by atoms with Crippen molar-refractivity contribution < 1.29 is 70.1 Å². The Hall–Kier alpha value is 3.43. The van der Waals surface area contributed by atoms with Gasteiger partial charge in [-0.15, -0.1) is 0 Å². The molecule has 0 bridgehead atoms. The molecule has 13 heteroatoms. The fourth-order valence-electron chi connectivity index (χ4n) is 0.139. The van der Waals surface area contributed by atoms with Crippen LogP contribution in [0.4, 0.5) is 0 Å². The minimum atomic E-state index is -5.05. The van der Waals surface area contributed by atoms with Crippen LogP contribution in [0.3, 0.4) is 0 Å². The first-order valence-corrected chi connectivity index (χ1v) is 4.59. The molecule has 7 nitrogen and oxygen atoms in total. The standard InChI is InChI=1S/2Na.H4O7P2.2V.2H/c;;1-8(2,3)7-9(4,5)6;;;;/h;;(H2,1,2,3)(H2,4,5,6);;;;. The molecule has 0 spiro atoms. The number of phosphoric acid groups is 2. The summed E-state index contributed by atoms with van der Waals surface area (Å²) in [6.07, 6.45) is 0. The smallest absolute Gasteiger partial charge is 0 e. The van der Waals surface area contributed by atoms with Gasteiger partial charge in [0.2, 0.25) is 0 Å². The van der Waals surface area contributed by atoms with E-state index in [2.05, 4.69) is 4.31 Å². The Bertz CT molecular complexity index is 163.